The van der Waals surface area contributed by atoms with Gasteiger partial charge in [0, 0.05) is 11.2 Å². The molecule has 0 saturated heterocycles. The van der Waals surface area contributed by atoms with Gasteiger partial charge < -0.3 is 19.8 Å². The van der Waals surface area contributed by atoms with Crippen LogP contribution in [0.15, 0.2) is 65.3 Å². The number of hydrogen-bond donors (Lipinski definition) is 2. The van der Waals surface area contributed by atoms with Crippen molar-refractivity contribution in [2.45, 2.75) is 52.1 Å². The molecule has 0 spiro atoms. The van der Waals surface area contributed by atoms with Gasteiger partial charge in [0.15, 0.2) is 5.76 Å². The molecule has 2 aromatic carbocycles. The SMILES string of the molecule is COc1ccc(N(C(=O)CNC(=O)c2ccco2)C(C(=O)NC(C)(C)C)c2ccc(C(C)C)cc2)cc1Cl. The summed E-state index contributed by atoms with van der Waals surface area (Å²) in [6.07, 6.45) is 1.37. The number of furan rings is 1. The van der Waals surface area contributed by atoms with E-state index in [0.29, 0.717) is 22.9 Å². The van der Waals surface area contributed by atoms with Gasteiger partial charge in [-0.15, -0.1) is 0 Å². The summed E-state index contributed by atoms with van der Waals surface area (Å²) in [5.41, 5.74) is 1.51. The number of halogens is 1. The highest BCUT2D eigenvalue weighted by Gasteiger charge is 2.35. The van der Waals surface area contributed by atoms with Crippen LogP contribution in [0.3, 0.4) is 0 Å². The second-order valence-electron chi connectivity index (χ2n) is 10.2. The minimum Gasteiger partial charge on any atom is -0.495 e. The molecule has 1 unspecified atom stereocenters. The summed E-state index contributed by atoms with van der Waals surface area (Å²) >= 11 is 6.42. The zero-order chi connectivity index (χ0) is 28.0. The molecule has 2 N–H and O–H groups in total. The summed E-state index contributed by atoms with van der Waals surface area (Å²) in [5.74, 6) is -0.663. The Bertz CT molecular complexity index is 1260. The van der Waals surface area contributed by atoms with Gasteiger partial charge >= 0.3 is 0 Å². The van der Waals surface area contributed by atoms with Crippen molar-refractivity contribution >= 4 is 35.0 Å². The molecule has 38 heavy (non-hydrogen) atoms. The number of methoxy groups -OCH3 is 1. The lowest BCUT2D eigenvalue weighted by Gasteiger charge is -2.34. The van der Waals surface area contributed by atoms with Gasteiger partial charge in [0.25, 0.3) is 5.91 Å². The molecule has 3 amide bonds. The van der Waals surface area contributed by atoms with Crippen LogP contribution in [0.2, 0.25) is 5.02 Å². The van der Waals surface area contributed by atoms with E-state index in [1.165, 1.54) is 24.3 Å². The molecule has 9 heteroatoms. The van der Waals surface area contributed by atoms with E-state index in [1.807, 2.05) is 45.0 Å². The second-order valence-corrected chi connectivity index (χ2v) is 10.6. The minimum atomic E-state index is -1.05. The predicted molar refractivity (Wildman–Crippen MR) is 148 cm³/mol. The van der Waals surface area contributed by atoms with Crippen LogP contribution in [0.5, 0.6) is 5.75 Å². The molecule has 202 valence electrons. The van der Waals surface area contributed by atoms with Crippen molar-refractivity contribution in [3.8, 4) is 5.75 Å². The maximum absolute atomic E-state index is 13.8. The first-order valence-corrected chi connectivity index (χ1v) is 12.7. The highest BCUT2D eigenvalue weighted by molar-refractivity contribution is 6.32. The Labute approximate surface area is 228 Å². The van der Waals surface area contributed by atoms with Crippen LogP contribution < -0.4 is 20.3 Å². The van der Waals surface area contributed by atoms with E-state index in [2.05, 4.69) is 24.5 Å². The van der Waals surface area contributed by atoms with Crippen molar-refractivity contribution in [1.82, 2.24) is 10.6 Å². The maximum Gasteiger partial charge on any atom is 0.287 e. The van der Waals surface area contributed by atoms with E-state index in [0.717, 1.165) is 5.56 Å². The first-order chi connectivity index (χ1) is 17.9. The van der Waals surface area contributed by atoms with Gasteiger partial charge in [-0.05, 0) is 68.1 Å². The highest BCUT2D eigenvalue weighted by atomic mass is 35.5. The third-order valence-electron chi connectivity index (χ3n) is 5.75. The summed E-state index contributed by atoms with van der Waals surface area (Å²) in [7, 11) is 1.49. The Morgan fingerprint density at radius 2 is 1.68 bits per heavy atom. The van der Waals surface area contributed by atoms with Gasteiger partial charge in [-0.3, -0.25) is 19.3 Å². The molecule has 0 fully saturated rings. The van der Waals surface area contributed by atoms with Gasteiger partial charge in [-0.25, -0.2) is 0 Å². The molecule has 3 aromatic rings. The van der Waals surface area contributed by atoms with E-state index < -0.39 is 23.4 Å². The van der Waals surface area contributed by atoms with Gasteiger partial charge in [0.1, 0.15) is 11.8 Å². The summed E-state index contributed by atoms with van der Waals surface area (Å²) in [4.78, 5) is 41.4. The average molecular weight is 540 g/mol. The molecule has 0 aliphatic carbocycles. The Morgan fingerprint density at radius 3 is 2.21 bits per heavy atom. The summed E-state index contributed by atoms with van der Waals surface area (Å²) < 4.78 is 10.4. The molecular weight excluding hydrogens is 506 g/mol. The lowest BCUT2D eigenvalue weighted by molar-refractivity contribution is -0.127. The summed E-state index contributed by atoms with van der Waals surface area (Å²) in [5, 5.41) is 5.84. The van der Waals surface area contributed by atoms with Crippen LogP contribution >= 0.6 is 11.6 Å². The number of anilines is 1. The van der Waals surface area contributed by atoms with Crippen LogP contribution in [0.4, 0.5) is 5.69 Å². The molecule has 1 atom stereocenters. The number of nitrogens with zero attached hydrogens (tertiary/aromatic N) is 1. The van der Waals surface area contributed by atoms with Crippen LogP contribution in [0.1, 0.15) is 68.3 Å². The number of carbonyl (C=O) groups excluding carboxylic acids is 3. The monoisotopic (exact) mass is 539 g/mol. The van der Waals surface area contributed by atoms with Gasteiger partial charge in [-0.1, -0.05) is 49.7 Å². The van der Waals surface area contributed by atoms with Crippen molar-refractivity contribution < 1.29 is 23.5 Å². The molecule has 1 heterocycles. The molecule has 0 aliphatic heterocycles. The maximum atomic E-state index is 13.8. The molecule has 0 saturated carbocycles. The van der Waals surface area contributed by atoms with Crippen molar-refractivity contribution in [2.24, 2.45) is 0 Å². The molecule has 0 bridgehead atoms. The van der Waals surface area contributed by atoms with Crippen LogP contribution in [-0.4, -0.2) is 36.9 Å². The predicted octanol–water partition coefficient (Wildman–Crippen LogP) is 5.48. The molecular formula is C29H34ClN3O5. The first-order valence-electron chi connectivity index (χ1n) is 12.3. The number of ether oxygens (including phenoxy) is 1. The van der Waals surface area contributed by atoms with E-state index in [-0.39, 0.29) is 23.2 Å². The van der Waals surface area contributed by atoms with Crippen molar-refractivity contribution in [2.75, 3.05) is 18.6 Å². The van der Waals surface area contributed by atoms with Crippen LogP contribution in [0.25, 0.3) is 0 Å². The standard InChI is InChI=1S/C29H34ClN3O5/c1-18(2)19-9-11-20(12-10-19)26(28(36)32-29(3,4)5)33(21-13-14-23(37-6)22(30)16-21)25(34)17-31-27(35)24-8-7-15-38-24/h7-16,18,26H,17H2,1-6H3,(H,31,35)(H,32,36). The van der Waals surface area contributed by atoms with Crippen molar-refractivity contribution in [3.05, 3.63) is 82.8 Å². The fourth-order valence-corrected chi connectivity index (χ4v) is 4.15. The third kappa shape index (κ3) is 7.16. The minimum absolute atomic E-state index is 0.0724. The first kappa shape index (κ1) is 28.8. The fraction of sp³-hybridized carbons (Fsp3) is 0.345. The Morgan fingerprint density at radius 1 is 1.03 bits per heavy atom. The number of nitrogens with one attached hydrogen (secondary N) is 2. The lowest BCUT2D eigenvalue weighted by atomic mass is 9.96. The topological polar surface area (TPSA) is 101 Å². The Hall–Kier alpha value is -3.78. The molecule has 8 nitrogen and oxygen atoms in total. The number of carbonyl (C=O) groups is 3. The average Bonchev–Trinajstić information content (AvgIpc) is 3.39. The van der Waals surface area contributed by atoms with Gasteiger partial charge in [-0.2, -0.15) is 0 Å². The zero-order valence-electron chi connectivity index (χ0n) is 22.5. The Kier molecular flexibility index (Phi) is 9.22. The molecule has 3 rings (SSSR count). The Balaban J connectivity index is 2.08. The lowest BCUT2D eigenvalue weighted by Crippen LogP contribution is -2.51. The smallest absolute Gasteiger partial charge is 0.287 e. The number of amides is 3. The zero-order valence-corrected chi connectivity index (χ0v) is 23.3. The van der Waals surface area contributed by atoms with Crippen molar-refractivity contribution in [1.29, 1.82) is 0 Å². The number of hydrogen-bond acceptors (Lipinski definition) is 5. The van der Waals surface area contributed by atoms with E-state index >= 15 is 0 Å². The fourth-order valence-electron chi connectivity index (χ4n) is 3.90. The van der Waals surface area contributed by atoms with Gasteiger partial charge in [0.2, 0.25) is 11.8 Å². The normalized spacial score (nSPS) is 12.1. The van der Waals surface area contributed by atoms with Gasteiger partial charge in [0.05, 0.1) is 24.9 Å². The largest absolute Gasteiger partial charge is 0.495 e. The number of benzene rings is 2. The quantitative estimate of drug-likeness (QED) is 0.375. The van der Waals surface area contributed by atoms with Crippen LogP contribution in [0, 0.1) is 0 Å². The molecule has 0 aliphatic rings. The van der Waals surface area contributed by atoms with E-state index in [1.54, 1.807) is 24.3 Å². The summed E-state index contributed by atoms with van der Waals surface area (Å²) in [6.45, 7) is 9.37. The highest BCUT2D eigenvalue weighted by Crippen LogP contribution is 2.34. The van der Waals surface area contributed by atoms with E-state index in [9.17, 15) is 14.4 Å². The van der Waals surface area contributed by atoms with Crippen LogP contribution in [-0.2, 0) is 9.59 Å². The molecule has 1 aromatic heterocycles. The number of rotatable bonds is 9. The third-order valence-corrected chi connectivity index (χ3v) is 6.05. The second kappa shape index (κ2) is 12.2. The molecule has 0 radical (unpaired) electrons. The van der Waals surface area contributed by atoms with Crippen molar-refractivity contribution in [3.63, 3.8) is 0 Å². The summed E-state index contributed by atoms with van der Waals surface area (Å²) in [6, 6.07) is 14.4. The van der Waals surface area contributed by atoms with E-state index in [4.69, 9.17) is 20.8 Å².